The summed E-state index contributed by atoms with van der Waals surface area (Å²) in [5.74, 6) is -0.280. The van der Waals surface area contributed by atoms with E-state index in [1.807, 2.05) is 30.3 Å². The van der Waals surface area contributed by atoms with Gasteiger partial charge in [-0.05, 0) is 36.6 Å². The van der Waals surface area contributed by atoms with Crippen LogP contribution in [0.3, 0.4) is 0 Å². The third-order valence-electron chi connectivity index (χ3n) is 6.05. The zero-order chi connectivity index (χ0) is 24.1. The molecule has 0 aromatic heterocycles. The number of anilines is 1. The van der Waals surface area contributed by atoms with E-state index in [-0.39, 0.29) is 29.6 Å². The van der Waals surface area contributed by atoms with Gasteiger partial charge in [-0.2, -0.15) is 4.31 Å². The van der Waals surface area contributed by atoms with Crippen LogP contribution < -0.4 is 10.1 Å². The Labute approximate surface area is 199 Å². The quantitative estimate of drug-likeness (QED) is 0.643. The summed E-state index contributed by atoms with van der Waals surface area (Å²) in [5, 5.41) is 2.83. The molecule has 4 rings (SSSR count). The average molecular weight is 488 g/mol. The highest BCUT2D eigenvalue weighted by Crippen LogP contribution is 2.32. The number of nitrogens with one attached hydrogen (secondary N) is 1. The molecule has 2 aromatic carbocycles. The number of ether oxygens (including phenoxy) is 2. The van der Waals surface area contributed by atoms with E-state index in [1.54, 1.807) is 11.0 Å². The number of likely N-dealkylation sites (tertiary alicyclic amines) is 1. The van der Waals surface area contributed by atoms with Crippen molar-refractivity contribution in [3.05, 3.63) is 54.1 Å². The summed E-state index contributed by atoms with van der Waals surface area (Å²) in [7, 11) is -2.45. The number of benzene rings is 2. The first-order valence-corrected chi connectivity index (χ1v) is 12.8. The molecule has 0 bridgehead atoms. The second kappa shape index (κ2) is 10.5. The molecule has 2 aliphatic rings. The molecule has 2 aliphatic heterocycles. The van der Waals surface area contributed by atoms with Gasteiger partial charge in [0, 0.05) is 31.7 Å². The number of methoxy groups -OCH3 is 1. The molecule has 1 N–H and O–H groups in total. The number of nitrogens with zero attached hydrogens (tertiary/aromatic N) is 2. The SMILES string of the molecule is COc1ccc(NC(=O)C(c2ccccc2)N2CCCCC2=O)cc1S(=O)(=O)N1CCOCC1. The van der Waals surface area contributed by atoms with Crippen molar-refractivity contribution in [3.8, 4) is 5.75 Å². The van der Waals surface area contributed by atoms with Gasteiger partial charge in [-0.25, -0.2) is 8.42 Å². The monoisotopic (exact) mass is 487 g/mol. The van der Waals surface area contributed by atoms with E-state index < -0.39 is 22.0 Å². The number of carbonyl (C=O) groups excluding carboxylic acids is 2. The van der Waals surface area contributed by atoms with Gasteiger partial charge in [0.15, 0.2) is 0 Å². The first kappa shape index (κ1) is 24.2. The van der Waals surface area contributed by atoms with Crippen LogP contribution in [0.1, 0.15) is 30.9 Å². The van der Waals surface area contributed by atoms with Crippen molar-refractivity contribution in [2.24, 2.45) is 0 Å². The van der Waals surface area contributed by atoms with E-state index in [1.165, 1.54) is 23.5 Å². The lowest BCUT2D eigenvalue weighted by atomic mass is 10.0. The zero-order valence-electron chi connectivity index (χ0n) is 19.1. The van der Waals surface area contributed by atoms with Crippen molar-refractivity contribution in [1.29, 1.82) is 0 Å². The third-order valence-corrected chi connectivity index (χ3v) is 7.97. The van der Waals surface area contributed by atoms with Crippen LogP contribution in [0.25, 0.3) is 0 Å². The minimum Gasteiger partial charge on any atom is -0.495 e. The van der Waals surface area contributed by atoms with Gasteiger partial charge in [-0.15, -0.1) is 0 Å². The highest BCUT2D eigenvalue weighted by molar-refractivity contribution is 7.89. The largest absolute Gasteiger partial charge is 0.495 e. The molecular formula is C24H29N3O6S. The fourth-order valence-corrected chi connectivity index (χ4v) is 5.89. The second-order valence-corrected chi connectivity index (χ2v) is 10.1. The minimum atomic E-state index is -3.85. The van der Waals surface area contributed by atoms with Crippen LogP contribution in [0.4, 0.5) is 5.69 Å². The number of piperidine rings is 1. The van der Waals surface area contributed by atoms with Crippen LogP contribution >= 0.6 is 0 Å². The molecule has 0 aliphatic carbocycles. The molecule has 182 valence electrons. The first-order valence-electron chi connectivity index (χ1n) is 11.3. The summed E-state index contributed by atoms with van der Waals surface area (Å²) in [4.78, 5) is 27.7. The third kappa shape index (κ3) is 5.08. The Morgan fingerprint density at radius 2 is 1.79 bits per heavy atom. The second-order valence-electron chi connectivity index (χ2n) is 8.23. The molecule has 2 heterocycles. The Balaban J connectivity index is 1.64. The molecule has 1 atom stereocenters. The average Bonchev–Trinajstić information content (AvgIpc) is 2.86. The van der Waals surface area contributed by atoms with E-state index in [2.05, 4.69) is 5.32 Å². The van der Waals surface area contributed by atoms with Gasteiger partial charge >= 0.3 is 0 Å². The first-order chi connectivity index (χ1) is 16.4. The van der Waals surface area contributed by atoms with E-state index in [0.717, 1.165) is 12.8 Å². The summed E-state index contributed by atoms with van der Waals surface area (Å²) in [6.07, 6.45) is 2.04. The Morgan fingerprint density at radius 1 is 1.06 bits per heavy atom. The highest BCUT2D eigenvalue weighted by atomic mass is 32.2. The molecule has 2 fully saturated rings. The van der Waals surface area contributed by atoms with Crippen molar-refractivity contribution in [1.82, 2.24) is 9.21 Å². The van der Waals surface area contributed by atoms with Crippen molar-refractivity contribution in [2.45, 2.75) is 30.2 Å². The molecule has 0 radical (unpaired) electrons. The Morgan fingerprint density at radius 3 is 2.47 bits per heavy atom. The summed E-state index contributed by atoms with van der Waals surface area (Å²) in [6, 6.07) is 12.8. The van der Waals surface area contributed by atoms with Crippen molar-refractivity contribution in [3.63, 3.8) is 0 Å². The van der Waals surface area contributed by atoms with Crippen molar-refractivity contribution < 1.29 is 27.5 Å². The van der Waals surface area contributed by atoms with Gasteiger partial charge < -0.3 is 19.7 Å². The number of morpholine rings is 1. The van der Waals surface area contributed by atoms with Crippen LogP contribution in [0.5, 0.6) is 5.75 Å². The van der Waals surface area contributed by atoms with E-state index in [0.29, 0.717) is 37.4 Å². The predicted octanol–water partition coefficient (Wildman–Crippen LogP) is 2.41. The van der Waals surface area contributed by atoms with E-state index >= 15 is 0 Å². The smallest absolute Gasteiger partial charge is 0.251 e. The van der Waals surface area contributed by atoms with Gasteiger partial charge in [0.25, 0.3) is 5.91 Å². The topological polar surface area (TPSA) is 105 Å². The molecule has 9 nitrogen and oxygen atoms in total. The maximum absolute atomic E-state index is 13.5. The Bertz CT molecular complexity index is 1130. The lowest BCUT2D eigenvalue weighted by molar-refractivity contribution is -0.141. The number of hydrogen-bond donors (Lipinski definition) is 1. The van der Waals surface area contributed by atoms with Crippen LogP contribution in [0.2, 0.25) is 0 Å². The molecule has 34 heavy (non-hydrogen) atoms. The number of rotatable bonds is 7. The van der Waals surface area contributed by atoms with Gasteiger partial charge in [0.1, 0.15) is 16.7 Å². The zero-order valence-corrected chi connectivity index (χ0v) is 19.9. The highest BCUT2D eigenvalue weighted by Gasteiger charge is 2.34. The molecule has 0 spiro atoms. The van der Waals surface area contributed by atoms with Crippen LogP contribution in [0, 0.1) is 0 Å². The summed E-state index contributed by atoms with van der Waals surface area (Å²) >= 11 is 0. The summed E-state index contributed by atoms with van der Waals surface area (Å²) < 4.78 is 38.5. The van der Waals surface area contributed by atoms with Gasteiger partial charge in [0.05, 0.1) is 20.3 Å². The molecular weight excluding hydrogens is 458 g/mol. The molecule has 1 unspecified atom stereocenters. The van der Waals surface area contributed by atoms with E-state index in [9.17, 15) is 18.0 Å². The van der Waals surface area contributed by atoms with Gasteiger partial charge in [-0.1, -0.05) is 30.3 Å². The fourth-order valence-electron chi connectivity index (χ4n) is 4.30. The van der Waals surface area contributed by atoms with E-state index in [4.69, 9.17) is 9.47 Å². The summed E-state index contributed by atoms with van der Waals surface area (Å²) in [5.41, 5.74) is 1.01. The normalized spacial score (nSPS) is 18.4. The Hall–Kier alpha value is -2.95. The lowest BCUT2D eigenvalue weighted by Crippen LogP contribution is -2.43. The van der Waals surface area contributed by atoms with Crippen LogP contribution in [0.15, 0.2) is 53.4 Å². The molecule has 0 saturated carbocycles. The number of amides is 2. The van der Waals surface area contributed by atoms with Crippen LogP contribution in [-0.2, 0) is 24.3 Å². The Kier molecular flexibility index (Phi) is 7.50. The number of hydrogen-bond acceptors (Lipinski definition) is 6. The van der Waals surface area contributed by atoms with Crippen molar-refractivity contribution in [2.75, 3.05) is 45.3 Å². The minimum absolute atomic E-state index is 0.0278. The summed E-state index contributed by atoms with van der Waals surface area (Å²) in [6.45, 7) is 1.62. The molecule has 10 heteroatoms. The maximum atomic E-state index is 13.5. The molecule has 2 aromatic rings. The fraction of sp³-hybridized carbons (Fsp3) is 0.417. The van der Waals surface area contributed by atoms with Gasteiger partial charge in [0.2, 0.25) is 15.9 Å². The van der Waals surface area contributed by atoms with Crippen LogP contribution in [-0.4, -0.2) is 69.4 Å². The molecule has 2 saturated heterocycles. The lowest BCUT2D eigenvalue weighted by Gasteiger charge is -2.34. The maximum Gasteiger partial charge on any atom is 0.251 e. The number of sulfonamides is 1. The standard InChI is InChI=1S/C24H29N3O6S/c1-32-20-11-10-19(17-21(20)34(30,31)26-13-15-33-16-14-26)25-24(29)23(18-7-3-2-4-8-18)27-12-6-5-9-22(27)28/h2-4,7-8,10-11,17,23H,5-6,9,12-16H2,1H3,(H,25,29). The van der Waals surface area contributed by atoms with Gasteiger partial charge in [-0.3, -0.25) is 9.59 Å². The number of carbonyl (C=O) groups is 2. The molecule has 2 amide bonds. The van der Waals surface area contributed by atoms with Crippen molar-refractivity contribution >= 4 is 27.5 Å². The predicted molar refractivity (Wildman–Crippen MR) is 126 cm³/mol.